The standard InChI is InChI=1S/C33H38O8/c1-2-3-4-5-6-13-20-39-33(36)30-25-26(31(34)40-23-21-37-27-14-9-7-10-15-27)18-19-29(30)32(35)41-24-22-38-28-16-11-8-12-17-28/h7-12,14-19,25H,2-6,13,20-24H2,1H3. The molecule has 3 aromatic rings. The first-order valence-corrected chi connectivity index (χ1v) is 14.1. The summed E-state index contributed by atoms with van der Waals surface area (Å²) >= 11 is 0. The van der Waals surface area contributed by atoms with Gasteiger partial charge in [-0.05, 0) is 48.9 Å². The SMILES string of the molecule is CCCCCCCCOC(=O)c1cc(C(=O)OCCOc2ccccc2)ccc1C(=O)OCCOc1ccccc1. The quantitative estimate of drug-likeness (QED) is 0.0963. The molecule has 8 nitrogen and oxygen atoms in total. The fourth-order valence-electron chi connectivity index (χ4n) is 3.93. The average Bonchev–Trinajstić information content (AvgIpc) is 3.01. The van der Waals surface area contributed by atoms with Crippen molar-refractivity contribution in [3.63, 3.8) is 0 Å². The highest BCUT2D eigenvalue weighted by Gasteiger charge is 2.22. The molecule has 0 aliphatic heterocycles. The van der Waals surface area contributed by atoms with E-state index in [9.17, 15) is 14.4 Å². The molecule has 41 heavy (non-hydrogen) atoms. The highest BCUT2D eigenvalue weighted by atomic mass is 16.6. The van der Waals surface area contributed by atoms with Gasteiger partial charge in [0.15, 0.2) is 0 Å². The van der Waals surface area contributed by atoms with E-state index < -0.39 is 17.9 Å². The summed E-state index contributed by atoms with van der Waals surface area (Å²) in [6, 6.07) is 22.4. The normalized spacial score (nSPS) is 10.5. The molecule has 3 rings (SSSR count). The maximum absolute atomic E-state index is 13.0. The van der Waals surface area contributed by atoms with Crippen LogP contribution < -0.4 is 9.47 Å². The van der Waals surface area contributed by atoms with Crippen molar-refractivity contribution in [1.82, 2.24) is 0 Å². The van der Waals surface area contributed by atoms with Gasteiger partial charge < -0.3 is 23.7 Å². The molecule has 8 heteroatoms. The van der Waals surface area contributed by atoms with Crippen molar-refractivity contribution in [2.45, 2.75) is 45.4 Å². The van der Waals surface area contributed by atoms with E-state index in [1.807, 2.05) is 36.4 Å². The Morgan fingerprint density at radius 3 is 1.63 bits per heavy atom. The smallest absolute Gasteiger partial charge is 0.339 e. The van der Waals surface area contributed by atoms with Crippen molar-refractivity contribution < 1.29 is 38.1 Å². The molecular formula is C33H38O8. The van der Waals surface area contributed by atoms with Gasteiger partial charge in [0, 0.05) is 0 Å². The number of para-hydroxylation sites is 2. The van der Waals surface area contributed by atoms with Gasteiger partial charge in [-0.15, -0.1) is 0 Å². The van der Waals surface area contributed by atoms with Crippen LogP contribution >= 0.6 is 0 Å². The molecule has 0 saturated carbocycles. The molecule has 0 heterocycles. The van der Waals surface area contributed by atoms with Crippen LogP contribution in [0.3, 0.4) is 0 Å². The Morgan fingerprint density at radius 2 is 1.02 bits per heavy atom. The van der Waals surface area contributed by atoms with E-state index >= 15 is 0 Å². The van der Waals surface area contributed by atoms with Gasteiger partial charge in [0.2, 0.25) is 0 Å². The van der Waals surface area contributed by atoms with Gasteiger partial charge in [0.25, 0.3) is 0 Å². The Bertz CT molecular complexity index is 1210. The van der Waals surface area contributed by atoms with E-state index in [-0.39, 0.29) is 49.7 Å². The molecule has 0 saturated heterocycles. The molecule has 218 valence electrons. The number of hydrogen-bond acceptors (Lipinski definition) is 8. The summed E-state index contributed by atoms with van der Waals surface area (Å²) in [5.41, 5.74) is 0.0572. The van der Waals surface area contributed by atoms with Crippen LogP contribution in [-0.2, 0) is 14.2 Å². The van der Waals surface area contributed by atoms with Crippen molar-refractivity contribution in [3.8, 4) is 11.5 Å². The number of ether oxygens (including phenoxy) is 5. The minimum Gasteiger partial charge on any atom is -0.490 e. The second-order valence-corrected chi connectivity index (χ2v) is 9.26. The minimum absolute atomic E-state index is 0.00150. The van der Waals surface area contributed by atoms with Gasteiger partial charge in [-0.25, -0.2) is 14.4 Å². The summed E-state index contributed by atoms with van der Waals surface area (Å²) in [6.07, 6.45) is 6.22. The zero-order valence-corrected chi connectivity index (χ0v) is 23.5. The van der Waals surface area contributed by atoms with Crippen LogP contribution in [0.1, 0.15) is 76.5 Å². The van der Waals surface area contributed by atoms with E-state index in [0.717, 1.165) is 32.1 Å². The van der Waals surface area contributed by atoms with Crippen molar-refractivity contribution in [3.05, 3.63) is 95.6 Å². The topological polar surface area (TPSA) is 97.4 Å². The molecule has 0 bridgehead atoms. The maximum atomic E-state index is 13.0. The van der Waals surface area contributed by atoms with Crippen LogP contribution in [0.25, 0.3) is 0 Å². The van der Waals surface area contributed by atoms with E-state index in [1.54, 1.807) is 24.3 Å². The van der Waals surface area contributed by atoms with E-state index in [0.29, 0.717) is 11.5 Å². The molecule has 0 radical (unpaired) electrons. The van der Waals surface area contributed by atoms with Crippen LogP contribution in [0.15, 0.2) is 78.9 Å². The number of benzene rings is 3. The van der Waals surface area contributed by atoms with Crippen LogP contribution in [-0.4, -0.2) is 50.9 Å². The third-order valence-electron chi connectivity index (χ3n) is 6.08. The summed E-state index contributed by atoms with van der Waals surface area (Å²) in [5, 5.41) is 0. The van der Waals surface area contributed by atoms with Gasteiger partial charge in [-0.3, -0.25) is 0 Å². The third kappa shape index (κ3) is 11.4. The van der Waals surface area contributed by atoms with Crippen LogP contribution in [0, 0.1) is 0 Å². The second kappa shape index (κ2) is 18.1. The summed E-state index contributed by atoms with van der Waals surface area (Å²) in [5.74, 6) is -0.754. The predicted molar refractivity (Wildman–Crippen MR) is 155 cm³/mol. The molecule has 0 spiro atoms. The molecule has 0 unspecified atom stereocenters. The molecular weight excluding hydrogens is 524 g/mol. The highest BCUT2D eigenvalue weighted by Crippen LogP contribution is 2.17. The van der Waals surface area contributed by atoms with Gasteiger partial charge in [-0.2, -0.15) is 0 Å². The lowest BCUT2D eigenvalue weighted by Gasteiger charge is -2.12. The fourth-order valence-corrected chi connectivity index (χ4v) is 3.93. The Kier molecular flexibility index (Phi) is 13.8. The van der Waals surface area contributed by atoms with Crippen LogP contribution in [0.5, 0.6) is 11.5 Å². The molecule has 0 aliphatic rings. The number of esters is 3. The fraction of sp³-hybridized carbons (Fsp3) is 0.364. The first kappa shape index (κ1) is 31.2. The molecule has 0 fully saturated rings. The zero-order chi connectivity index (χ0) is 29.1. The van der Waals surface area contributed by atoms with Crippen molar-refractivity contribution in [2.24, 2.45) is 0 Å². The highest BCUT2D eigenvalue weighted by molar-refractivity contribution is 6.05. The lowest BCUT2D eigenvalue weighted by molar-refractivity contribution is 0.0417. The molecule has 0 atom stereocenters. The Balaban J connectivity index is 1.58. The van der Waals surface area contributed by atoms with E-state index in [2.05, 4.69) is 6.92 Å². The lowest BCUT2D eigenvalue weighted by atomic mass is 10.0. The van der Waals surface area contributed by atoms with Crippen molar-refractivity contribution >= 4 is 17.9 Å². The summed E-state index contributed by atoms with van der Waals surface area (Å²) < 4.78 is 27.2. The third-order valence-corrected chi connectivity index (χ3v) is 6.08. The molecule has 0 amide bonds. The first-order valence-electron chi connectivity index (χ1n) is 14.1. The number of rotatable bonds is 18. The maximum Gasteiger partial charge on any atom is 0.339 e. The molecule has 0 N–H and O–H groups in total. The molecule has 3 aromatic carbocycles. The second-order valence-electron chi connectivity index (χ2n) is 9.26. The van der Waals surface area contributed by atoms with E-state index in [4.69, 9.17) is 23.7 Å². The van der Waals surface area contributed by atoms with Gasteiger partial charge in [0.05, 0.1) is 23.3 Å². The monoisotopic (exact) mass is 562 g/mol. The predicted octanol–water partition coefficient (Wildman–Crippen LogP) is 6.68. The van der Waals surface area contributed by atoms with Gasteiger partial charge in [0.1, 0.15) is 37.9 Å². The number of unbranched alkanes of at least 4 members (excludes halogenated alkanes) is 5. The Hall–Kier alpha value is -4.33. The first-order chi connectivity index (χ1) is 20.1. The van der Waals surface area contributed by atoms with Gasteiger partial charge in [-0.1, -0.05) is 75.4 Å². The van der Waals surface area contributed by atoms with Crippen LogP contribution in [0.4, 0.5) is 0 Å². The molecule has 0 aromatic heterocycles. The zero-order valence-electron chi connectivity index (χ0n) is 23.5. The number of hydrogen-bond donors (Lipinski definition) is 0. The Morgan fingerprint density at radius 1 is 0.512 bits per heavy atom. The van der Waals surface area contributed by atoms with E-state index in [1.165, 1.54) is 24.6 Å². The van der Waals surface area contributed by atoms with Crippen LogP contribution in [0.2, 0.25) is 0 Å². The largest absolute Gasteiger partial charge is 0.490 e. The summed E-state index contributed by atoms with van der Waals surface area (Å²) in [6.45, 7) is 2.67. The molecule has 0 aliphatic carbocycles. The van der Waals surface area contributed by atoms with Gasteiger partial charge >= 0.3 is 17.9 Å². The van der Waals surface area contributed by atoms with Crippen molar-refractivity contribution in [2.75, 3.05) is 33.0 Å². The summed E-state index contributed by atoms with van der Waals surface area (Å²) in [7, 11) is 0. The Labute approximate surface area is 241 Å². The average molecular weight is 563 g/mol. The number of carbonyl (C=O) groups excluding carboxylic acids is 3. The van der Waals surface area contributed by atoms with Crippen molar-refractivity contribution in [1.29, 1.82) is 0 Å². The minimum atomic E-state index is -0.718. The lowest BCUT2D eigenvalue weighted by Crippen LogP contribution is -2.19. The summed E-state index contributed by atoms with van der Waals surface area (Å²) in [4.78, 5) is 38.5. The number of carbonyl (C=O) groups is 3.